The van der Waals surface area contributed by atoms with Gasteiger partial charge in [-0.05, 0) is 43.7 Å². The molecule has 0 aliphatic carbocycles. The van der Waals surface area contributed by atoms with Crippen LogP contribution in [0.15, 0.2) is 24.5 Å². The molecule has 0 spiro atoms. The molecule has 0 unspecified atom stereocenters. The molecule has 2 aromatic heterocycles. The van der Waals surface area contributed by atoms with E-state index in [4.69, 9.17) is 0 Å². The van der Waals surface area contributed by atoms with Crippen molar-refractivity contribution in [2.75, 3.05) is 6.54 Å². The van der Waals surface area contributed by atoms with Crippen molar-refractivity contribution in [3.8, 4) is 0 Å². The number of amides is 1. The summed E-state index contributed by atoms with van der Waals surface area (Å²) in [5.74, 6) is 0.578. The first kappa shape index (κ1) is 15.8. The van der Waals surface area contributed by atoms with Crippen molar-refractivity contribution in [3.63, 3.8) is 0 Å². The third-order valence-corrected chi connectivity index (χ3v) is 4.32. The van der Waals surface area contributed by atoms with E-state index in [-0.39, 0.29) is 11.9 Å². The highest BCUT2D eigenvalue weighted by Crippen LogP contribution is 2.21. The monoisotopic (exact) mass is 315 g/mol. The summed E-state index contributed by atoms with van der Waals surface area (Å²) in [6.45, 7) is 5.87. The van der Waals surface area contributed by atoms with Gasteiger partial charge in [0.05, 0.1) is 12.6 Å². The molecule has 3 rings (SSSR count). The largest absolute Gasteiger partial charge is 0.332 e. The van der Waals surface area contributed by atoms with Crippen LogP contribution in [0.25, 0.3) is 0 Å². The number of aromatic amines is 1. The number of carbonyl (C=O) groups excluding carboxylic acids is 1. The smallest absolute Gasteiger partial charge is 0.274 e. The third kappa shape index (κ3) is 3.81. The predicted octanol–water partition coefficient (Wildman–Crippen LogP) is 2.50. The number of likely N-dealkylation sites (tertiary alicyclic amines) is 1. The highest BCUT2D eigenvalue weighted by Gasteiger charge is 2.29. The van der Waals surface area contributed by atoms with E-state index < -0.39 is 0 Å². The molecule has 3 heterocycles. The minimum atomic E-state index is 0.0353. The zero-order valence-electron chi connectivity index (χ0n) is 13.9. The summed E-state index contributed by atoms with van der Waals surface area (Å²) in [5.41, 5.74) is 1.57. The number of hydrogen-bond donors (Lipinski definition) is 1. The van der Waals surface area contributed by atoms with Crippen molar-refractivity contribution in [2.24, 2.45) is 5.92 Å². The van der Waals surface area contributed by atoms with Gasteiger partial charge in [-0.25, -0.2) is 0 Å². The number of aromatic nitrogens is 4. The van der Waals surface area contributed by atoms with Gasteiger partial charge in [0.1, 0.15) is 5.69 Å². The molecular formula is C17H25N5O. The highest BCUT2D eigenvalue weighted by molar-refractivity contribution is 5.92. The van der Waals surface area contributed by atoms with Crippen molar-refractivity contribution >= 4 is 5.91 Å². The van der Waals surface area contributed by atoms with Crippen molar-refractivity contribution in [1.29, 1.82) is 0 Å². The lowest BCUT2D eigenvalue weighted by Gasteiger charge is -2.35. The van der Waals surface area contributed by atoms with Gasteiger partial charge in [-0.3, -0.25) is 14.6 Å². The molecule has 1 amide bonds. The van der Waals surface area contributed by atoms with Crippen LogP contribution >= 0.6 is 0 Å². The van der Waals surface area contributed by atoms with Gasteiger partial charge in [-0.15, -0.1) is 0 Å². The summed E-state index contributed by atoms with van der Waals surface area (Å²) in [7, 11) is 0. The lowest BCUT2D eigenvalue weighted by molar-refractivity contribution is 0.0578. The molecule has 1 saturated heterocycles. The van der Waals surface area contributed by atoms with Crippen molar-refractivity contribution in [1.82, 2.24) is 24.9 Å². The molecule has 0 radical (unpaired) electrons. The zero-order chi connectivity index (χ0) is 16.2. The number of nitrogens with one attached hydrogen (secondary N) is 1. The summed E-state index contributed by atoms with van der Waals surface area (Å²) in [5, 5.41) is 11.5. The molecule has 1 fully saturated rings. The lowest BCUT2D eigenvalue weighted by atomic mass is 10.0. The Hall–Kier alpha value is -2.11. The maximum atomic E-state index is 12.9. The molecule has 6 heteroatoms. The van der Waals surface area contributed by atoms with Crippen LogP contribution in [0, 0.1) is 5.92 Å². The Kier molecular flexibility index (Phi) is 4.79. The molecule has 1 N–H and O–H groups in total. The molecule has 0 saturated carbocycles. The number of rotatable bonds is 5. The maximum absolute atomic E-state index is 12.9. The summed E-state index contributed by atoms with van der Waals surface area (Å²) < 4.78 is 1.91. The first-order chi connectivity index (χ1) is 11.1. The summed E-state index contributed by atoms with van der Waals surface area (Å²) in [6, 6.07) is 4.02. The number of H-pyrrole nitrogens is 1. The average molecular weight is 315 g/mol. The van der Waals surface area contributed by atoms with Gasteiger partial charge in [0.25, 0.3) is 5.91 Å². The van der Waals surface area contributed by atoms with Crippen molar-refractivity contribution in [3.05, 3.63) is 35.9 Å². The fourth-order valence-corrected chi connectivity index (χ4v) is 3.24. The molecule has 1 aliphatic heterocycles. The van der Waals surface area contributed by atoms with Crippen LogP contribution in [0.4, 0.5) is 0 Å². The van der Waals surface area contributed by atoms with Gasteiger partial charge >= 0.3 is 0 Å². The fraction of sp³-hybridized carbons (Fsp3) is 0.588. The third-order valence-electron chi connectivity index (χ3n) is 4.32. The van der Waals surface area contributed by atoms with Crippen LogP contribution < -0.4 is 0 Å². The molecule has 1 aliphatic rings. The first-order valence-electron chi connectivity index (χ1n) is 8.46. The van der Waals surface area contributed by atoms with Gasteiger partial charge in [-0.2, -0.15) is 10.2 Å². The van der Waals surface area contributed by atoms with Gasteiger partial charge in [-0.1, -0.05) is 13.8 Å². The number of hydrogen-bond acceptors (Lipinski definition) is 3. The Bertz CT molecular complexity index is 631. The molecular weight excluding hydrogens is 290 g/mol. The summed E-state index contributed by atoms with van der Waals surface area (Å²) >= 11 is 0. The molecule has 6 nitrogen and oxygen atoms in total. The van der Waals surface area contributed by atoms with Crippen LogP contribution in [0.1, 0.15) is 49.3 Å². The summed E-state index contributed by atoms with van der Waals surface area (Å²) in [6.07, 6.45) is 7.89. The SMILES string of the molecule is CC(C)Cc1cc(C(=O)N2CCCC[C@H]2Cn2cccn2)n[nH]1. The Morgan fingerprint density at radius 1 is 1.43 bits per heavy atom. The van der Waals surface area contributed by atoms with Gasteiger partial charge in [0.2, 0.25) is 0 Å². The molecule has 23 heavy (non-hydrogen) atoms. The van der Waals surface area contributed by atoms with Crippen LogP contribution in [0.5, 0.6) is 0 Å². The van der Waals surface area contributed by atoms with Crippen LogP contribution in [-0.2, 0) is 13.0 Å². The van der Waals surface area contributed by atoms with Crippen molar-refractivity contribution < 1.29 is 4.79 Å². The quantitative estimate of drug-likeness (QED) is 0.922. The van der Waals surface area contributed by atoms with E-state index in [2.05, 4.69) is 29.1 Å². The Labute approximate surface area is 136 Å². The van der Waals surface area contributed by atoms with E-state index in [1.165, 1.54) is 0 Å². The number of nitrogens with zero attached hydrogens (tertiary/aromatic N) is 4. The van der Waals surface area contributed by atoms with Gasteiger partial charge < -0.3 is 4.90 Å². The second-order valence-electron chi connectivity index (χ2n) is 6.75. The van der Waals surface area contributed by atoms with Crippen LogP contribution in [-0.4, -0.2) is 43.4 Å². The second-order valence-corrected chi connectivity index (χ2v) is 6.75. The van der Waals surface area contributed by atoms with E-state index in [0.29, 0.717) is 11.6 Å². The zero-order valence-corrected chi connectivity index (χ0v) is 13.9. The minimum Gasteiger partial charge on any atom is -0.332 e. The lowest BCUT2D eigenvalue weighted by Crippen LogP contribution is -2.46. The summed E-state index contributed by atoms with van der Waals surface area (Å²) in [4.78, 5) is 14.8. The van der Waals surface area contributed by atoms with Crippen LogP contribution in [0.2, 0.25) is 0 Å². The van der Waals surface area contributed by atoms with Crippen molar-refractivity contribution in [2.45, 2.75) is 52.1 Å². The Morgan fingerprint density at radius 2 is 2.30 bits per heavy atom. The fourth-order valence-electron chi connectivity index (χ4n) is 3.24. The minimum absolute atomic E-state index is 0.0353. The van der Waals surface area contributed by atoms with E-state index in [0.717, 1.165) is 44.5 Å². The Morgan fingerprint density at radius 3 is 3.04 bits per heavy atom. The predicted molar refractivity (Wildman–Crippen MR) is 88.0 cm³/mol. The Balaban J connectivity index is 1.71. The average Bonchev–Trinajstić information content (AvgIpc) is 3.18. The normalized spacial score (nSPS) is 18.6. The standard InChI is InChI=1S/C17H25N5O/c1-13(2)10-14-11-16(20-19-14)17(23)22-9-4-3-6-15(22)12-21-8-5-7-18-21/h5,7-8,11,13,15H,3-4,6,9-10,12H2,1-2H3,(H,19,20)/t15-/m0/s1. The molecule has 0 aromatic carbocycles. The number of carbonyl (C=O) groups is 1. The van der Waals surface area contributed by atoms with E-state index in [1.54, 1.807) is 6.20 Å². The maximum Gasteiger partial charge on any atom is 0.274 e. The second kappa shape index (κ2) is 6.98. The van der Waals surface area contributed by atoms with E-state index in [1.807, 2.05) is 27.9 Å². The molecule has 124 valence electrons. The van der Waals surface area contributed by atoms with E-state index >= 15 is 0 Å². The van der Waals surface area contributed by atoms with Gasteiger partial charge in [0.15, 0.2) is 0 Å². The molecule has 2 aromatic rings. The first-order valence-corrected chi connectivity index (χ1v) is 8.46. The number of piperidine rings is 1. The van der Waals surface area contributed by atoms with Crippen LogP contribution in [0.3, 0.4) is 0 Å². The highest BCUT2D eigenvalue weighted by atomic mass is 16.2. The van der Waals surface area contributed by atoms with E-state index in [9.17, 15) is 4.79 Å². The molecule has 0 bridgehead atoms. The topological polar surface area (TPSA) is 66.8 Å². The van der Waals surface area contributed by atoms with Gasteiger partial charge in [0, 0.05) is 24.6 Å². The molecule has 1 atom stereocenters.